The Kier molecular flexibility index (Phi) is 6.02. The fourth-order valence-corrected chi connectivity index (χ4v) is 3.17. The third-order valence-corrected chi connectivity index (χ3v) is 4.75. The maximum absolute atomic E-state index is 11.7. The molecule has 0 radical (unpaired) electrons. The van der Waals surface area contributed by atoms with Gasteiger partial charge in [-0.15, -0.1) is 0 Å². The van der Waals surface area contributed by atoms with E-state index in [4.69, 9.17) is 4.74 Å². The van der Waals surface area contributed by atoms with Gasteiger partial charge in [0.2, 0.25) is 0 Å². The third-order valence-electron chi connectivity index (χ3n) is 4.75. The summed E-state index contributed by atoms with van der Waals surface area (Å²) in [6, 6.07) is 0.422. The van der Waals surface area contributed by atoms with E-state index in [1.165, 1.54) is 6.42 Å². The van der Waals surface area contributed by atoms with Crippen molar-refractivity contribution in [3.05, 3.63) is 0 Å². The number of hydrogen-bond acceptors (Lipinski definition) is 4. The van der Waals surface area contributed by atoms with Crippen LogP contribution in [0.2, 0.25) is 0 Å². The van der Waals surface area contributed by atoms with Crippen molar-refractivity contribution in [2.75, 3.05) is 26.7 Å². The van der Waals surface area contributed by atoms with Crippen molar-refractivity contribution in [1.29, 1.82) is 0 Å². The van der Waals surface area contributed by atoms with E-state index >= 15 is 0 Å². The fraction of sp³-hybridized carbons (Fsp3) is 0.938. The highest BCUT2D eigenvalue weighted by atomic mass is 16.5. The Morgan fingerprint density at radius 1 is 1.43 bits per heavy atom. The number of carboxylic acid groups (broad SMARTS) is 1. The summed E-state index contributed by atoms with van der Waals surface area (Å²) in [4.78, 5) is 13.9. The smallest absolute Gasteiger partial charge is 0.323 e. The van der Waals surface area contributed by atoms with Crippen LogP contribution in [0.25, 0.3) is 0 Å². The first-order valence-electron chi connectivity index (χ1n) is 8.37. The van der Waals surface area contributed by atoms with Crippen LogP contribution >= 0.6 is 0 Å². The van der Waals surface area contributed by atoms with E-state index in [2.05, 4.69) is 17.3 Å². The minimum absolute atomic E-state index is 0.370. The van der Waals surface area contributed by atoms with Crippen LogP contribution in [0.5, 0.6) is 0 Å². The molecule has 0 aromatic carbocycles. The van der Waals surface area contributed by atoms with Gasteiger partial charge in [-0.2, -0.15) is 0 Å². The summed E-state index contributed by atoms with van der Waals surface area (Å²) in [5.41, 5.74) is -0.730. The first-order chi connectivity index (χ1) is 10.1. The lowest BCUT2D eigenvalue weighted by atomic mass is 9.90. The summed E-state index contributed by atoms with van der Waals surface area (Å²) in [6.45, 7) is 4.75. The van der Waals surface area contributed by atoms with Crippen LogP contribution in [0.4, 0.5) is 0 Å². The monoisotopic (exact) mass is 298 g/mol. The van der Waals surface area contributed by atoms with Crippen LogP contribution in [-0.2, 0) is 9.53 Å². The normalized spacial score (nSPS) is 25.2. The Labute approximate surface area is 128 Å². The van der Waals surface area contributed by atoms with Crippen molar-refractivity contribution in [3.8, 4) is 0 Å². The molecule has 2 aliphatic rings. The number of carbonyl (C=O) groups is 1. The highest BCUT2D eigenvalue weighted by Crippen LogP contribution is 2.27. The van der Waals surface area contributed by atoms with Gasteiger partial charge in [-0.3, -0.25) is 10.1 Å². The van der Waals surface area contributed by atoms with Gasteiger partial charge in [-0.1, -0.05) is 6.92 Å². The molecule has 0 aromatic rings. The summed E-state index contributed by atoms with van der Waals surface area (Å²) in [6.07, 6.45) is 7.18. The maximum Gasteiger partial charge on any atom is 0.323 e. The molecule has 1 heterocycles. The lowest BCUT2D eigenvalue weighted by Crippen LogP contribution is -2.53. The molecule has 2 unspecified atom stereocenters. The standard InChI is InChI=1S/C16H30N2O3/c1-3-16(15(19)20,17-13-7-8-13)9-5-10-18(2)12-14-6-4-11-21-14/h13-14,17H,3-12H2,1-2H3,(H,19,20). The summed E-state index contributed by atoms with van der Waals surface area (Å²) >= 11 is 0. The zero-order chi connectivity index (χ0) is 15.3. The molecule has 5 heteroatoms. The van der Waals surface area contributed by atoms with Gasteiger partial charge >= 0.3 is 5.97 Å². The SMILES string of the molecule is CCC(CCCN(C)CC1CCCO1)(NC1CC1)C(=O)O. The van der Waals surface area contributed by atoms with E-state index in [0.29, 0.717) is 25.0 Å². The van der Waals surface area contributed by atoms with Gasteiger partial charge in [0.1, 0.15) is 5.54 Å². The van der Waals surface area contributed by atoms with Crippen molar-refractivity contribution >= 4 is 5.97 Å². The first kappa shape index (κ1) is 16.7. The largest absolute Gasteiger partial charge is 0.480 e. The van der Waals surface area contributed by atoms with Gasteiger partial charge in [0.25, 0.3) is 0 Å². The molecule has 5 nitrogen and oxygen atoms in total. The molecule has 1 saturated heterocycles. The van der Waals surface area contributed by atoms with Gasteiger partial charge in [0.05, 0.1) is 6.10 Å². The Hall–Kier alpha value is -0.650. The minimum Gasteiger partial charge on any atom is -0.480 e. The number of carboxylic acids is 1. The zero-order valence-corrected chi connectivity index (χ0v) is 13.4. The molecule has 0 spiro atoms. The first-order valence-corrected chi connectivity index (χ1v) is 8.37. The van der Waals surface area contributed by atoms with Crippen molar-refractivity contribution < 1.29 is 14.6 Å². The maximum atomic E-state index is 11.7. The Morgan fingerprint density at radius 3 is 2.71 bits per heavy atom. The average molecular weight is 298 g/mol. The minimum atomic E-state index is -0.730. The average Bonchev–Trinajstić information content (AvgIpc) is 3.11. The summed E-state index contributed by atoms with van der Waals surface area (Å²) in [5, 5.41) is 13.0. The van der Waals surface area contributed by atoms with E-state index in [9.17, 15) is 9.90 Å². The van der Waals surface area contributed by atoms with Crippen LogP contribution in [-0.4, -0.2) is 60.4 Å². The topological polar surface area (TPSA) is 61.8 Å². The number of aliphatic carboxylic acids is 1. The molecule has 2 N–H and O–H groups in total. The summed E-state index contributed by atoms with van der Waals surface area (Å²) < 4.78 is 5.64. The molecule has 0 aromatic heterocycles. The van der Waals surface area contributed by atoms with Crippen LogP contribution in [0.1, 0.15) is 51.9 Å². The number of nitrogens with zero attached hydrogens (tertiary/aromatic N) is 1. The second-order valence-corrected chi connectivity index (χ2v) is 6.66. The van der Waals surface area contributed by atoms with Crippen molar-refractivity contribution in [2.24, 2.45) is 0 Å². The summed E-state index contributed by atoms with van der Waals surface area (Å²) in [7, 11) is 2.10. The predicted octanol–water partition coefficient (Wildman–Crippen LogP) is 1.86. The van der Waals surface area contributed by atoms with Gasteiger partial charge in [-0.25, -0.2) is 0 Å². The molecule has 0 bridgehead atoms. The lowest BCUT2D eigenvalue weighted by molar-refractivity contribution is -0.145. The zero-order valence-electron chi connectivity index (χ0n) is 13.4. The highest BCUT2D eigenvalue weighted by Gasteiger charge is 2.40. The van der Waals surface area contributed by atoms with E-state index in [0.717, 1.165) is 45.4 Å². The van der Waals surface area contributed by atoms with Gasteiger partial charge in [0.15, 0.2) is 0 Å². The molecule has 122 valence electrons. The number of ether oxygens (including phenoxy) is 1. The third kappa shape index (κ3) is 4.94. The van der Waals surface area contributed by atoms with E-state index in [1.54, 1.807) is 0 Å². The molecular weight excluding hydrogens is 268 g/mol. The molecule has 2 atom stereocenters. The molecule has 21 heavy (non-hydrogen) atoms. The Balaban J connectivity index is 1.73. The van der Waals surface area contributed by atoms with E-state index < -0.39 is 11.5 Å². The van der Waals surface area contributed by atoms with Crippen molar-refractivity contribution in [3.63, 3.8) is 0 Å². The molecule has 2 rings (SSSR count). The molecular formula is C16H30N2O3. The number of hydrogen-bond donors (Lipinski definition) is 2. The van der Waals surface area contributed by atoms with E-state index in [1.807, 2.05) is 6.92 Å². The molecule has 1 aliphatic heterocycles. The fourth-order valence-electron chi connectivity index (χ4n) is 3.17. The van der Waals surface area contributed by atoms with Crippen LogP contribution in [0.15, 0.2) is 0 Å². The molecule has 0 amide bonds. The highest BCUT2D eigenvalue weighted by molar-refractivity contribution is 5.78. The van der Waals surface area contributed by atoms with Crippen molar-refractivity contribution in [2.45, 2.75) is 69.6 Å². The second kappa shape index (κ2) is 7.56. The van der Waals surface area contributed by atoms with Gasteiger partial charge in [-0.05, 0) is 58.5 Å². The number of rotatable bonds is 10. The van der Waals surface area contributed by atoms with Crippen molar-refractivity contribution in [1.82, 2.24) is 10.2 Å². The van der Waals surface area contributed by atoms with Crippen LogP contribution in [0, 0.1) is 0 Å². The van der Waals surface area contributed by atoms with Crippen LogP contribution < -0.4 is 5.32 Å². The number of likely N-dealkylation sites (N-methyl/N-ethyl adjacent to an activating group) is 1. The Morgan fingerprint density at radius 2 is 2.19 bits per heavy atom. The summed E-state index contributed by atoms with van der Waals surface area (Å²) in [5.74, 6) is -0.696. The van der Waals surface area contributed by atoms with Gasteiger partial charge < -0.3 is 14.7 Å². The quantitative estimate of drug-likeness (QED) is 0.644. The Bertz CT molecular complexity index is 340. The predicted molar refractivity (Wildman–Crippen MR) is 82.5 cm³/mol. The van der Waals surface area contributed by atoms with E-state index in [-0.39, 0.29) is 0 Å². The van der Waals surface area contributed by atoms with Gasteiger partial charge in [0, 0.05) is 19.2 Å². The second-order valence-electron chi connectivity index (χ2n) is 6.66. The number of nitrogens with one attached hydrogen (secondary N) is 1. The van der Waals surface area contributed by atoms with Crippen LogP contribution in [0.3, 0.4) is 0 Å². The molecule has 1 aliphatic carbocycles. The molecule has 2 fully saturated rings. The lowest BCUT2D eigenvalue weighted by Gasteiger charge is -2.30. The molecule has 1 saturated carbocycles.